The summed E-state index contributed by atoms with van der Waals surface area (Å²) in [6, 6.07) is 20.2. The summed E-state index contributed by atoms with van der Waals surface area (Å²) in [5.41, 5.74) is 5.09. The molecule has 1 heteroatoms. The Morgan fingerprint density at radius 2 is 1.26 bits per heavy atom. The zero-order valence-corrected chi connectivity index (χ0v) is 10.8. The minimum atomic E-state index is 0.109. The molecule has 19 heavy (non-hydrogen) atoms. The lowest BCUT2D eigenvalue weighted by Gasteiger charge is -2.10. The first-order chi connectivity index (χ1) is 9.27. The molecule has 1 aliphatic rings. The second kappa shape index (κ2) is 4.69. The Morgan fingerprint density at radius 1 is 0.737 bits per heavy atom. The van der Waals surface area contributed by atoms with Crippen LogP contribution in [0.4, 0.5) is 0 Å². The first kappa shape index (κ1) is 11.7. The summed E-state index contributed by atoms with van der Waals surface area (Å²) in [5, 5.41) is 0. The highest BCUT2D eigenvalue weighted by atomic mass is 16.1. The maximum absolute atomic E-state index is 12.0. The monoisotopic (exact) mass is 246 g/mol. The average molecular weight is 246 g/mol. The van der Waals surface area contributed by atoms with Gasteiger partial charge in [-0.15, -0.1) is 0 Å². The van der Waals surface area contributed by atoms with Gasteiger partial charge in [0.2, 0.25) is 0 Å². The highest BCUT2D eigenvalue weighted by molar-refractivity contribution is 6.28. The van der Waals surface area contributed by atoms with Gasteiger partial charge in [0.05, 0.1) is 0 Å². The SMILES string of the molecule is CC1=C(c2ccccc2)C(c2ccccc2)=CC1=O. The second-order valence-electron chi connectivity index (χ2n) is 4.65. The number of rotatable bonds is 2. The average Bonchev–Trinajstić information content (AvgIpc) is 2.77. The van der Waals surface area contributed by atoms with Gasteiger partial charge in [-0.05, 0) is 35.3 Å². The summed E-state index contributed by atoms with van der Waals surface area (Å²) in [7, 11) is 0. The van der Waals surface area contributed by atoms with Crippen LogP contribution >= 0.6 is 0 Å². The van der Waals surface area contributed by atoms with Crippen LogP contribution in [-0.4, -0.2) is 5.78 Å². The van der Waals surface area contributed by atoms with Gasteiger partial charge < -0.3 is 0 Å². The Labute approximate surface area is 112 Å². The zero-order chi connectivity index (χ0) is 13.2. The molecule has 0 saturated carbocycles. The van der Waals surface area contributed by atoms with Gasteiger partial charge in [0.25, 0.3) is 0 Å². The maximum atomic E-state index is 12.0. The summed E-state index contributed by atoms with van der Waals surface area (Å²) in [5.74, 6) is 0.109. The van der Waals surface area contributed by atoms with Crippen molar-refractivity contribution in [2.75, 3.05) is 0 Å². The number of carbonyl (C=O) groups is 1. The van der Waals surface area contributed by atoms with E-state index in [1.165, 1.54) is 0 Å². The molecule has 0 atom stereocenters. The van der Waals surface area contributed by atoms with E-state index in [2.05, 4.69) is 0 Å². The van der Waals surface area contributed by atoms with Crippen LogP contribution in [0, 0.1) is 0 Å². The molecule has 0 saturated heterocycles. The Hall–Kier alpha value is -2.41. The van der Waals surface area contributed by atoms with E-state index in [1.54, 1.807) is 6.08 Å². The second-order valence-corrected chi connectivity index (χ2v) is 4.65. The van der Waals surface area contributed by atoms with Crippen molar-refractivity contribution in [3.8, 4) is 0 Å². The molecule has 1 aliphatic carbocycles. The van der Waals surface area contributed by atoms with Gasteiger partial charge in [-0.2, -0.15) is 0 Å². The van der Waals surface area contributed by atoms with Gasteiger partial charge in [-0.3, -0.25) is 4.79 Å². The van der Waals surface area contributed by atoms with Crippen molar-refractivity contribution in [1.82, 2.24) is 0 Å². The lowest BCUT2D eigenvalue weighted by Crippen LogP contribution is -1.91. The summed E-state index contributed by atoms with van der Waals surface area (Å²) in [4.78, 5) is 12.0. The highest BCUT2D eigenvalue weighted by Crippen LogP contribution is 2.38. The third-order valence-electron chi connectivity index (χ3n) is 3.44. The fourth-order valence-corrected chi connectivity index (χ4v) is 2.46. The highest BCUT2D eigenvalue weighted by Gasteiger charge is 2.23. The quantitative estimate of drug-likeness (QED) is 0.778. The molecule has 92 valence electrons. The Morgan fingerprint density at radius 3 is 1.84 bits per heavy atom. The van der Waals surface area contributed by atoms with Gasteiger partial charge in [-0.25, -0.2) is 0 Å². The molecule has 1 nitrogen and oxygen atoms in total. The van der Waals surface area contributed by atoms with Crippen LogP contribution in [0.3, 0.4) is 0 Å². The standard InChI is InChI=1S/C18H14O/c1-13-17(19)12-16(14-8-4-2-5-9-14)18(13)15-10-6-3-7-11-15/h2-12H,1H3. The Balaban J connectivity index is 2.16. The number of ketones is 1. The molecule has 0 heterocycles. The van der Waals surface area contributed by atoms with E-state index < -0.39 is 0 Å². The first-order valence-corrected chi connectivity index (χ1v) is 6.35. The minimum absolute atomic E-state index is 0.109. The molecule has 0 spiro atoms. The molecule has 0 N–H and O–H groups in total. The number of hydrogen-bond acceptors (Lipinski definition) is 1. The normalized spacial score (nSPS) is 14.8. The minimum Gasteiger partial charge on any atom is -0.290 e. The van der Waals surface area contributed by atoms with Gasteiger partial charge in [0.15, 0.2) is 5.78 Å². The van der Waals surface area contributed by atoms with Crippen molar-refractivity contribution in [2.24, 2.45) is 0 Å². The molecule has 0 amide bonds. The lowest BCUT2D eigenvalue weighted by atomic mass is 9.93. The van der Waals surface area contributed by atoms with E-state index in [0.717, 1.165) is 27.8 Å². The van der Waals surface area contributed by atoms with E-state index >= 15 is 0 Å². The van der Waals surface area contributed by atoms with Crippen LogP contribution in [0.5, 0.6) is 0 Å². The molecule has 2 aromatic carbocycles. The predicted octanol–water partition coefficient (Wildman–Crippen LogP) is 4.13. The molecule has 0 unspecified atom stereocenters. The van der Waals surface area contributed by atoms with Crippen molar-refractivity contribution in [3.63, 3.8) is 0 Å². The predicted molar refractivity (Wildman–Crippen MR) is 78.5 cm³/mol. The smallest absolute Gasteiger partial charge is 0.182 e. The van der Waals surface area contributed by atoms with Crippen LogP contribution < -0.4 is 0 Å². The van der Waals surface area contributed by atoms with Crippen LogP contribution in [0.25, 0.3) is 11.1 Å². The molecule has 0 radical (unpaired) electrons. The van der Waals surface area contributed by atoms with Crippen LogP contribution in [0.1, 0.15) is 18.1 Å². The number of allylic oxidation sites excluding steroid dienone is 4. The summed E-state index contributed by atoms with van der Waals surface area (Å²) in [6.07, 6.45) is 1.74. The Bertz CT molecular complexity index is 676. The summed E-state index contributed by atoms with van der Waals surface area (Å²) >= 11 is 0. The van der Waals surface area contributed by atoms with Crippen molar-refractivity contribution >= 4 is 16.9 Å². The molecule has 0 aliphatic heterocycles. The molecule has 2 aromatic rings. The van der Waals surface area contributed by atoms with Crippen LogP contribution in [0.2, 0.25) is 0 Å². The van der Waals surface area contributed by atoms with Gasteiger partial charge >= 0.3 is 0 Å². The van der Waals surface area contributed by atoms with Crippen LogP contribution in [0.15, 0.2) is 72.3 Å². The molecular weight excluding hydrogens is 232 g/mol. The molecule has 0 fully saturated rings. The van der Waals surface area contributed by atoms with E-state index in [9.17, 15) is 4.79 Å². The van der Waals surface area contributed by atoms with E-state index in [-0.39, 0.29) is 5.78 Å². The summed E-state index contributed by atoms with van der Waals surface area (Å²) in [6.45, 7) is 1.90. The molecule has 0 bridgehead atoms. The number of hydrogen-bond donors (Lipinski definition) is 0. The summed E-state index contributed by atoms with van der Waals surface area (Å²) < 4.78 is 0. The molecule has 0 aromatic heterocycles. The van der Waals surface area contributed by atoms with Gasteiger partial charge in [-0.1, -0.05) is 60.7 Å². The van der Waals surface area contributed by atoms with Crippen LogP contribution in [-0.2, 0) is 4.79 Å². The van der Waals surface area contributed by atoms with Crippen molar-refractivity contribution in [3.05, 3.63) is 83.4 Å². The van der Waals surface area contributed by atoms with Crippen molar-refractivity contribution in [2.45, 2.75) is 6.92 Å². The first-order valence-electron chi connectivity index (χ1n) is 6.35. The maximum Gasteiger partial charge on any atom is 0.182 e. The lowest BCUT2D eigenvalue weighted by molar-refractivity contribution is -0.111. The fourth-order valence-electron chi connectivity index (χ4n) is 2.46. The van der Waals surface area contributed by atoms with Gasteiger partial charge in [0.1, 0.15) is 0 Å². The third-order valence-corrected chi connectivity index (χ3v) is 3.44. The van der Waals surface area contributed by atoms with Crippen molar-refractivity contribution in [1.29, 1.82) is 0 Å². The van der Waals surface area contributed by atoms with Crippen molar-refractivity contribution < 1.29 is 4.79 Å². The largest absolute Gasteiger partial charge is 0.290 e. The topological polar surface area (TPSA) is 17.1 Å². The van der Waals surface area contributed by atoms with E-state index in [0.29, 0.717) is 0 Å². The Kier molecular flexibility index (Phi) is 2.88. The number of carbonyl (C=O) groups excluding carboxylic acids is 1. The molecule has 3 rings (SSSR count). The molecular formula is C18H14O. The van der Waals surface area contributed by atoms with Gasteiger partial charge in [0, 0.05) is 5.57 Å². The third kappa shape index (κ3) is 2.04. The van der Waals surface area contributed by atoms with E-state index in [4.69, 9.17) is 0 Å². The van der Waals surface area contributed by atoms with E-state index in [1.807, 2.05) is 67.6 Å². The zero-order valence-electron chi connectivity index (χ0n) is 10.8. The number of benzene rings is 2. The fraction of sp³-hybridized carbons (Fsp3) is 0.0556.